The van der Waals surface area contributed by atoms with E-state index in [1.807, 2.05) is 18.2 Å². The number of pyridine rings is 1. The number of nitrogens with two attached hydrogens (primary N) is 1. The van der Waals surface area contributed by atoms with Crippen LogP contribution in [-0.2, 0) is 6.54 Å². The number of rotatable bonds is 5. The van der Waals surface area contributed by atoms with Crippen molar-refractivity contribution in [3.05, 3.63) is 47.7 Å². The number of amides is 1. The van der Waals surface area contributed by atoms with Crippen LogP contribution >= 0.6 is 0 Å². The highest BCUT2D eigenvalue weighted by molar-refractivity contribution is 5.98. The van der Waals surface area contributed by atoms with Gasteiger partial charge in [-0.25, -0.2) is 4.98 Å². The number of nitrogen functional groups attached to an aromatic ring is 1. The number of aromatic nitrogens is 1. The van der Waals surface area contributed by atoms with Crippen LogP contribution in [0.15, 0.2) is 36.5 Å². The molecular formula is C17H19N3O3. The van der Waals surface area contributed by atoms with Crippen LogP contribution in [0.5, 0.6) is 11.5 Å². The van der Waals surface area contributed by atoms with Crippen LogP contribution < -0.4 is 20.5 Å². The van der Waals surface area contributed by atoms with Gasteiger partial charge in [0.05, 0.1) is 5.56 Å². The fraction of sp³-hybridized carbons (Fsp3) is 0.294. The number of carbonyl (C=O) groups is 1. The third kappa shape index (κ3) is 3.36. The summed E-state index contributed by atoms with van der Waals surface area (Å²) in [6.45, 7) is 2.46. The maximum atomic E-state index is 12.1. The topological polar surface area (TPSA) is 86.5 Å². The molecule has 1 unspecified atom stereocenters. The van der Waals surface area contributed by atoms with Gasteiger partial charge in [0, 0.05) is 19.2 Å². The van der Waals surface area contributed by atoms with E-state index >= 15 is 0 Å². The Labute approximate surface area is 134 Å². The van der Waals surface area contributed by atoms with Crippen LogP contribution in [0.2, 0.25) is 0 Å². The Balaban J connectivity index is 1.63. The van der Waals surface area contributed by atoms with Crippen LogP contribution in [0.25, 0.3) is 0 Å². The Bertz CT molecular complexity index is 718. The molecule has 0 fully saturated rings. The predicted octanol–water partition coefficient (Wildman–Crippen LogP) is 2.49. The minimum atomic E-state index is -0.253. The Morgan fingerprint density at radius 1 is 1.30 bits per heavy atom. The van der Waals surface area contributed by atoms with E-state index in [0.29, 0.717) is 12.1 Å². The molecule has 1 aliphatic heterocycles. The van der Waals surface area contributed by atoms with Crippen LogP contribution in [0.4, 0.5) is 5.82 Å². The van der Waals surface area contributed by atoms with Gasteiger partial charge in [0.2, 0.25) is 6.29 Å². The predicted molar refractivity (Wildman–Crippen MR) is 86.2 cm³/mol. The fourth-order valence-electron chi connectivity index (χ4n) is 2.40. The summed E-state index contributed by atoms with van der Waals surface area (Å²) in [7, 11) is 0. The van der Waals surface area contributed by atoms with Crippen LogP contribution in [0, 0.1) is 0 Å². The Kier molecular flexibility index (Phi) is 4.32. The third-order valence-electron chi connectivity index (χ3n) is 3.59. The third-order valence-corrected chi connectivity index (χ3v) is 3.59. The summed E-state index contributed by atoms with van der Waals surface area (Å²) in [4.78, 5) is 16.0. The lowest BCUT2D eigenvalue weighted by atomic mass is 10.2. The number of nitrogens with one attached hydrogen (secondary N) is 1. The van der Waals surface area contributed by atoms with Gasteiger partial charge in [0.1, 0.15) is 5.82 Å². The number of anilines is 1. The molecule has 6 heteroatoms. The van der Waals surface area contributed by atoms with Crippen molar-refractivity contribution in [1.29, 1.82) is 0 Å². The van der Waals surface area contributed by atoms with E-state index in [1.165, 1.54) is 0 Å². The van der Waals surface area contributed by atoms with E-state index < -0.39 is 0 Å². The summed E-state index contributed by atoms with van der Waals surface area (Å²) in [6.07, 6.45) is 3.18. The first-order chi connectivity index (χ1) is 11.2. The second kappa shape index (κ2) is 6.56. The number of benzene rings is 1. The molecule has 23 heavy (non-hydrogen) atoms. The smallest absolute Gasteiger partial charge is 0.255 e. The van der Waals surface area contributed by atoms with Gasteiger partial charge >= 0.3 is 0 Å². The minimum Gasteiger partial charge on any atom is -0.451 e. The SMILES string of the molecule is CCCC1Oc2ccc(CNC(=O)c3cccnc3N)cc2O1. The molecule has 0 aliphatic carbocycles. The largest absolute Gasteiger partial charge is 0.451 e. The molecule has 120 valence electrons. The second-order valence-electron chi connectivity index (χ2n) is 5.35. The Hall–Kier alpha value is -2.76. The standard InChI is InChI=1S/C17H19N3O3/c1-2-4-15-22-13-7-6-11(9-14(13)23-15)10-20-17(21)12-5-3-8-19-16(12)18/h3,5-9,15H,2,4,10H2,1H3,(H2,18,19)(H,20,21). The normalized spacial score (nSPS) is 15.4. The van der Waals surface area contributed by atoms with Crippen LogP contribution in [0.1, 0.15) is 35.7 Å². The molecule has 1 amide bonds. The van der Waals surface area contributed by atoms with Crippen LogP contribution in [0.3, 0.4) is 0 Å². The molecule has 6 nitrogen and oxygen atoms in total. The molecule has 3 rings (SSSR count). The molecule has 0 saturated heterocycles. The quantitative estimate of drug-likeness (QED) is 0.885. The average Bonchev–Trinajstić information content (AvgIpc) is 2.95. The van der Waals surface area contributed by atoms with E-state index in [4.69, 9.17) is 15.2 Å². The van der Waals surface area contributed by atoms with Crippen molar-refractivity contribution in [1.82, 2.24) is 10.3 Å². The summed E-state index contributed by atoms with van der Waals surface area (Å²) < 4.78 is 11.4. The van der Waals surface area contributed by atoms with Crippen molar-refractivity contribution in [2.24, 2.45) is 0 Å². The van der Waals surface area contributed by atoms with Crippen molar-refractivity contribution in [3.8, 4) is 11.5 Å². The first kappa shape index (κ1) is 15.1. The number of hydrogen-bond acceptors (Lipinski definition) is 5. The van der Waals surface area contributed by atoms with Gasteiger partial charge < -0.3 is 20.5 Å². The van der Waals surface area contributed by atoms with E-state index in [9.17, 15) is 4.79 Å². The van der Waals surface area contributed by atoms with Gasteiger partial charge in [0.25, 0.3) is 5.91 Å². The number of fused-ring (bicyclic) bond motifs is 1. The van der Waals surface area contributed by atoms with Gasteiger partial charge in [-0.15, -0.1) is 0 Å². The summed E-state index contributed by atoms with van der Waals surface area (Å²) in [5, 5.41) is 2.83. The summed E-state index contributed by atoms with van der Waals surface area (Å²) in [6, 6.07) is 8.98. The van der Waals surface area contributed by atoms with Gasteiger partial charge in [-0.2, -0.15) is 0 Å². The Morgan fingerprint density at radius 3 is 2.91 bits per heavy atom. The first-order valence-electron chi connectivity index (χ1n) is 7.62. The van der Waals surface area contributed by atoms with E-state index in [0.717, 1.165) is 29.9 Å². The van der Waals surface area contributed by atoms with Crippen molar-refractivity contribution in [2.45, 2.75) is 32.6 Å². The van der Waals surface area contributed by atoms with Crippen molar-refractivity contribution < 1.29 is 14.3 Å². The van der Waals surface area contributed by atoms with E-state index in [1.54, 1.807) is 18.3 Å². The monoisotopic (exact) mass is 313 g/mol. The first-order valence-corrected chi connectivity index (χ1v) is 7.62. The maximum absolute atomic E-state index is 12.1. The lowest BCUT2D eigenvalue weighted by molar-refractivity contribution is 0.0413. The summed E-state index contributed by atoms with van der Waals surface area (Å²) in [5.41, 5.74) is 7.00. The van der Waals surface area contributed by atoms with Gasteiger partial charge in [-0.3, -0.25) is 4.79 Å². The van der Waals surface area contributed by atoms with Gasteiger partial charge in [-0.05, 0) is 36.2 Å². The highest BCUT2D eigenvalue weighted by atomic mass is 16.7. The zero-order chi connectivity index (χ0) is 16.2. The highest BCUT2D eigenvalue weighted by Crippen LogP contribution is 2.36. The second-order valence-corrected chi connectivity index (χ2v) is 5.35. The average molecular weight is 313 g/mol. The molecule has 1 atom stereocenters. The van der Waals surface area contributed by atoms with Gasteiger partial charge in [0.15, 0.2) is 11.5 Å². The lowest BCUT2D eigenvalue weighted by Crippen LogP contribution is -2.24. The molecular weight excluding hydrogens is 294 g/mol. The van der Waals surface area contributed by atoms with Crippen molar-refractivity contribution in [2.75, 3.05) is 5.73 Å². The molecule has 1 aromatic carbocycles. The number of nitrogens with zero attached hydrogens (tertiary/aromatic N) is 1. The van der Waals surface area contributed by atoms with Crippen molar-refractivity contribution >= 4 is 11.7 Å². The lowest BCUT2D eigenvalue weighted by Gasteiger charge is -2.08. The molecule has 1 aliphatic rings. The highest BCUT2D eigenvalue weighted by Gasteiger charge is 2.23. The zero-order valence-corrected chi connectivity index (χ0v) is 12.9. The molecule has 2 aromatic rings. The minimum absolute atomic E-state index is 0.213. The molecule has 2 heterocycles. The molecule has 0 radical (unpaired) electrons. The molecule has 3 N–H and O–H groups in total. The van der Waals surface area contributed by atoms with E-state index in [2.05, 4.69) is 17.2 Å². The van der Waals surface area contributed by atoms with Crippen LogP contribution in [-0.4, -0.2) is 17.2 Å². The van der Waals surface area contributed by atoms with Crippen molar-refractivity contribution in [3.63, 3.8) is 0 Å². The number of hydrogen-bond donors (Lipinski definition) is 2. The fourth-order valence-corrected chi connectivity index (χ4v) is 2.40. The summed E-state index contributed by atoms with van der Waals surface area (Å²) in [5.74, 6) is 1.43. The summed E-state index contributed by atoms with van der Waals surface area (Å²) >= 11 is 0. The van der Waals surface area contributed by atoms with Gasteiger partial charge in [-0.1, -0.05) is 13.0 Å². The number of carbonyl (C=O) groups excluding carboxylic acids is 1. The molecule has 1 aromatic heterocycles. The Morgan fingerprint density at radius 2 is 2.13 bits per heavy atom. The molecule has 0 spiro atoms. The number of ether oxygens (including phenoxy) is 2. The zero-order valence-electron chi connectivity index (χ0n) is 12.9. The maximum Gasteiger partial charge on any atom is 0.255 e. The van der Waals surface area contributed by atoms with E-state index in [-0.39, 0.29) is 18.0 Å². The molecule has 0 saturated carbocycles. The molecule has 0 bridgehead atoms.